The number of halogens is 1. The van der Waals surface area contributed by atoms with E-state index in [1.165, 1.54) is 17.0 Å². The van der Waals surface area contributed by atoms with Crippen molar-refractivity contribution in [3.63, 3.8) is 0 Å². The normalized spacial score (nSPS) is 10.4. The Morgan fingerprint density at radius 1 is 1.40 bits per heavy atom. The summed E-state index contributed by atoms with van der Waals surface area (Å²) in [6.45, 7) is 5.44. The minimum absolute atomic E-state index is 0.104. The summed E-state index contributed by atoms with van der Waals surface area (Å²) in [4.78, 5) is 24.1. The Labute approximate surface area is 117 Å². The van der Waals surface area contributed by atoms with E-state index in [-0.39, 0.29) is 19.0 Å². The molecule has 1 aromatic rings. The second kappa shape index (κ2) is 6.88. The molecule has 0 radical (unpaired) electrons. The van der Waals surface area contributed by atoms with E-state index < -0.39 is 17.8 Å². The summed E-state index contributed by atoms with van der Waals surface area (Å²) in [6, 6.07) is 3.54. The van der Waals surface area contributed by atoms with Gasteiger partial charge in [-0.3, -0.25) is 4.79 Å². The molecule has 0 heterocycles. The number of benzene rings is 1. The Kier molecular flexibility index (Phi) is 5.49. The first-order chi connectivity index (χ1) is 9.31. The van der Waals surface area contributed by atoms with Crippen molar-refractivity contribution < 1.29 is 19.1 Å². The fraction of sp³-hybridized carbons (Fsp3) is 0.429. The molecule has 0 atom stereocenters. The van der Waals surface area contributed by atoms with Crippen LogP contribution in [0.5, 0.6) is 0 Å². The van der Waals surface area contributed by atoms with Crippen LogP contribution in [0.25, 0.3) is 0 Å². The van der Waals surface area contributed by atoms with Crippen molar-refractivity contribution in [1.29, 1.82) is 0 Å². The van der Waals surface area contributed by atoms with Crippen molar-refractivity contribution in [2.75, 3.05) is 11.9 Å². The number of carbonyl (C=O) groups excluding carboxylic acids is 1. The highest BCUT2D eigenvalue weighted by Crippen LogP contribution is 2.17. The summed E-state index contributed by atoms with van der Waals surface area (Å²) in [5, 5.41) is 11.3. The maximum absolute atomic E-state index is 13.2. The van der Waals surface area contributed by atoms with Crippen molar-refractivity contribution in [1.82, 2.24) is 4.90 Å². The monoisotopic (exact) mass is 282 g/mol. The molecule has 0 aliphatic heterocycles. The van der Waals surface area contributed by atoms with Crippen LogP contribution in [0.1, 0.15) is 25.8 Å². The topological polar surface area (TPSA) is 69.6 Å². The second-order valence-electron chi connectivity index (χ2n) is 4.82. The van der Waals surface area contributed by atoms with Crippen LogP contribution in [-0.4, -0.2) is 34.6 Å². The van der Waals surface area contributed by atoms with Gasteiger partial charge in [0.1, 0.15) is 5.82 Å². The number of rotatable bonds is 5. The van der Waals surface area contributed by atoms with Crippen molar-refractivity contribution in [2.24, 2.45) is 0 Å². The zero-order chi connectivity index (χ0) is 15.3. The van der Waals surface area contributed by atoms with E-state index in [0.717, 1.165) is 5.56 Å². The summed E-state index contributed by atoms with van der Waals surface area (Å²) in [5.74, 6) is -1.40. The Morgan fingerprint density at radius 2 is 2.05 bits per heavy atom. The lowest BCUT2D eigenvalue weighted by Gasteiger charge is -2.26. The number of hydrogen-bond donors (Lipinski definition) is 2. The zero-order valence-electron chi connectivity index (χ0n) is 11.8. The Morgan fingerprint density at radius 3 is 2.60 bits per heavy atom. The molecule has 0 bridgehead atoms. The molecule has 0 aliphatic rings. The fourth-order valence-electron chi connectivity index (χ4n) is 1.73. The first-order valence-electron chi connectivity index (χ1n) is 6.37. The number of aryl methyl sites for hydroxylation is 1. The van der Waals surface area contributed by atoms with E-state index in [4.69, 9.17) is 5.11 Å². The predicted molar refractivity (Wildman–Crippen MR) is 74.3 cm³/mol. The van der Waals surface area contributed by atoms with Gasteiger partial charge in [0.15, 0.2) is 0 Å². The van der Waals surface area contributed by atoms with Crippen molar-refractivity contribution in [3.8, 4) is 0 Å². The van der Waals surface area contributed by atoms with Gasteiger partial charge in [0, 0.05) is 18.3 Å². The maximum Gasteiger partial charge on any atom is 0.322 e. The van der Waals surface area contributed by atoms with Gasteiger partial charge in [0.05, 0.1) is 6.42 Å². The van der Waals surface area contributed by atoms with Gasteiger partial charge >= 0.3 is 12.0 Å². The molecule has 0 spiro atoms. The van der Waals surface area contributed by atoms with Crippen LogP contribution < -0.4 is 5.32 Å². The Balaban J connectivity index is 2.80. The van der Waals surface area contributed by atoms with E-state index in [2.05, 4.69) is 5.32 Å². The quantitative estimate of drug-likeness (QED) is 0.872. The van der Waals surface area contributed by atoms with E-state index in [1.54, 1.807) is 26.8 Å². The molecule has 20 heavy (non-hydrogen) atoms. The first kappa shape index (κ1) is 15.9. The predicted octanol–water partition coefficient (Wildman–Crippen LogP) is 2.85. The van der Waals surface area contributed by atoms with Crippen molar-refractivity contribution in [2.45, 2.75) is 33.2 Å². The third-order valence-electron chi connectivity index (χ3n) is 2.89. The van der Waals surface area contributed by atoms with Gasteiger partial charge in [-0.15, -0.1) is 0 Å². The zero-order valence-corrected chi connectivity index (χ0v) is 11.8. The summed E-state index contributed by atoms with van der Waals surface area (Å²) < 4.78 is 13.2. The summed E-state index contributed by atoms with van der Waals surface area (Å²) in [7, 11) is 0. The largest absolute Gasteiger partial charge is 0.481 e. The van der Waals surface area contributed by atoms with Crippen LogP contribution in [0.4, 0.5) is 14.9 Å². The molecule has 0 fully saturated rings. The molecule has 1 rings (SSSR count). The average Bonchev–Trinajstić information content (AvgIpc) is 2.33. The molecule has 0 aromatic heterocycles. The molecular weight excluding hydrogens is 263 g/mol. The smallest absolute Gasteiger partial charge is 0.322 e. The summed E-state index contributed by atoms with van der Waals surface area (Å²) >= 11 is 0. The molecular formula is C14H19FN2O3. The number of hydrogen-bond acceptors (Lipinski definition) is 2. The van der Waals surface area contributed by atoms with Gasteiger partial charge in [-0.1, -0.05) is 6.07 Å². The molecule has 0 unspecified atom stereocenters. The van der Waals surface area contributed by atoms with Gasteiger partial charge in [-0.25, -0.2) is 9.18 Å². The number of anilines is 1. The number of nitrogens with zero attached hydrogens (tertiary/aromatic N) is 1. The lowest BCUT2D eigenvalue weighted by atomic mass is 10.2. The van der Waals surface area contributed by atoms with E-state index in [0.29, 0.717) is 5.69 Å². The van der Waals surface area contributed by atoms with Crippen molar-refractivity contribution >= 4 is 17.7 Å². The van der Waals surface area contributed by atoms with E-state index >= 15 is 0 Å². The first-order valence-corrected chi connectivity index (χ1v) is 6.37. The van der Waals surface area contributed by atoms with Crippen LogP contribution >= 0.6 is 0 Å². The molecule has 2 N–H and O–H groups in total. The molecule has 1 aromatic carbocycles. The standard InChI is InChI=1S/C14H19FN2O3/c1-9(2)17(7-6-13(18)19)14(20)16-12-8-11(15)5-4-10(12)3/h4-5,8-9H,6-7H2,1-3H3,(H,16,20)(H,18,19). The highest BCUT2D eigenvalue weighted by atomic mass is 19.1. The highest BCUT2D eigenvalue weighted by molar-refractivity contribution is 5.90. The molecule has 6 heteroatoms. The van der Waals surface area contributed by atoms with Crippen LogP contribution in [0.15, 0.2) is 18.2 Å². The van der Waals surface area contributed by atoms with Crippen LogP contribution in [0.2, 0.25) is 0 Å². The number of carboxylic acid groups (broad SMARTS) is 1. The minimum atomic E-state index is -0.967. The minimum Gasteiger partial charge on any atom is -0.481 e. The number of amides is 2. The lowest BCUT2D eigenvalue weighted by molar-refractivity contribution is -0.137. The second-order valence-corrected chi connectivity index (χ2v) is 4.82. The molecule has 0 aliphatic carbocycles. The SMILES string of the molecule is Cc1ccc(F)cc1NC(=O)N(CCC(=O)O)C(C)C. The van der Waals surface area contributed by atoms with Gasteiger partial charge in [0.25, 0.3) is 0 Å². The Bertz CT molecular complexity index is 503. The van der Waals surface area contributed by atoms with Gasteiger partial charge < -0.3 is 15.3 Å². The highest BCUT2D eigenvalue weighted by Gasteiger charge is 2.18. The van der Waals surface area contributed by atoms with Gasteiger partial charge in [0.2, 0.25) is 0 Å². The number of nitrogens with one attached hydrogen (secondary N) is 1. The molecule has 2 amide bonds. The van der Waals surface area contributed by atoms with Gasteiger partial charge in [-0.05, 0) is 38.5 Å². The molecule has 0 saturated carbocycles. The van der Waals surface area contributed by atoms with E-state index in [9.17, 15) is 14.0 Å². The fourth-order valence-corrected chi connectivity index (χ4v) is 1.73. The summed E-state index contributed by atoms with van der Waals surface area (Å²) in [5.41, 5.74) is 1.12. The summed E-state index contributed by atoms with van der Waals surface area (Å²) in [6.07, 6.45) is -0.131. The van der Waals surface area contributed by atoms with Crippen molar-refractivity contribution in [3.05, 3.63) is 29.6 Å². The van der Waals surface area contributed by atoms with Crippen LogP contribution in [0.3, 0.4) is 0 Å². The van der Waals surface area contributed by atoms with Crippen LogP contribution in [0, 0.1) is 12.7 Å². The average molecular weight is 282 g/mol. The molecule has 0 saturated heterocycles. The van der Waals surface area contributed by atoms with Crippen LogP contribution in [-0.2, 0) is 4.79 Å². The Hall–Kier alpha value is -2.11. The number of urea groups is 1. The van der Waals surface area contributed by atoms with Gasteiger partial charge in [-0.2, -0.15) is 0 Å². The number of carboxylic acids is 1. The molecule has 110 valence electrons. The third-order valence-corrected chi connectivity index (χ3v) is 2.89. The molecule has 5 nitrogen and oxygen atoms in total. The lowest BCUT2D eigenvalue weighted by Crippen LogP contribution is -2.41. The van der Waals surface area contributed by atoms with E-state index in [1.807, 2.05) is 0 Å². The number of carbonyl (C=O) groups is 2. The third kappa shape index (κ3) is 4.53. The number of aliphatic carboxylic acids is 1. The maximum atomic E-state index is 13.2.